The second-order valence-corrected chi connectivity index (χ2v) is 3.71. The monoisotopic (exact) mass is 154 g/mol. The molecule has 0 aromatic carbocycles. The van der Waals surface area contributed by atoms with Gasteiger partial charge in [0.15, 0.2) is 0 Å². The summed E-state index contributed by atoms with van der Waals surface area (Å²) in [6, 6.07) is 0. The number of rotatable bonds is 1. The van der Waals surface area contributed by atoms with Gasteiger partial charge in [-0.3, -0.25) is 0 Å². The van der Waals surface area contributed by atoms with Gasteiger partial charge in [-0.15, -0.1) is 0 Å². The van der Waals surface area contributed by atoms with Gasteiger partial charge in [0.05, 0.1) is 0 Å². The molecule has 1 aliphatic rings. The van der Waals surface area contributed by atoms with Gasteiger partial charge in [0.25, 0.3) is 0 Å². The van der Waals surface area contributed by atoms with Gasteiger partial charge in [0.1, 0.15) is 0 Å². The minimum atomic E-state index is 0.435. The van der Waals surface area contributed by atoms with E-state index in [1.165, 1.54) is 24.0 Å². The van der Waals surface area contributed by atoms with Gasteiger partial charge in [-0.1, -0.05) is 23.3 Å². The molecule has 10 heavy (non-hydrogen) atoms. The van der Waals surface area contributed by atoms with Crippen molar-refractivity contribution in [1.29, 1.82) is 0 Å². The Hall–Kier alpha value is -0.170. The molecule has 1 unspecified atom stereocenters. The summed E-state index contributed by atoms with van der Waals surface area (Å²) in [5.74, 6) is 0. The van der Waals surface area contributed by atoms with E-state index in [1.807, 2.05) is 0 Å². The predicted octanol–water partition coefficient (Wildman–Crippen LogP) is 2.97. The van der Waals surface area contributed by atoms with Crippen LogP contribution in [0.4, 0.5) is 0 Å². The molecule has 0 saturated heterocycles. The van der Waals surface area contributed by atoms with Gasteiger partial charge < -0.3 is 0 Å². The average Bonchev–Trinajstić information content (AvgIpc) is 1.88. The lowest BCUT2D eigenvalue weighted by Gasteiger charge is -2.13. The lowest BCUT2D eigenvalue weighted by Crippen LogP contribution is -2.00. The molecule has 0 saturated carbocycles. The highest BCUT2D eigenvalue weighted by Gasteiger charge is 2.06. The molecule has 0 bridgehead atoms. The molecule has 0 aromatic heterocycles. The van der Waals surface area contributed by atoms with Gasteiger partial charge in [-0.05, 0) is 26.7 Å². The van der Waals surface area contributed by atoms with Crippen molar-refractivity contribution in [3.05, 3.63) is 23.3 Å². The molecular weight excluding hydrogens is 140 g/mol. The third-order valence-electron chi connectivity index (χ3n) is 1.93. The molecule has 0 heterocycles. The molecule has 1 rings (SSSR count). The molecule has 1 atom stereocenters. The van der Waals surface area contributed by atoms with Crippen LogP contribution in [0.5, 0.6) is 0 Å². The highest BCUT2D eigenvalue weighted by Crippen LogP contribution is 2.22. The highest BCUT2D eigenvalue weighted by atomic mass is 32.1. The molecule has 1 aliphatic carbocycles. The van der Waals surface area contributed by atoms with Crippen molar-refractivity contribution in [2.24, 2.45) is 0 Å². The van der Waals surface area contributed by atoms with E-state index < -0.39 is 0 Å². The van der Waals surface area contributed by atoms with Crippen LogP contribution in [0.3, 0.4) is 0 Å². The zero-order chi connectivity index (χ0) is 7.56. The first-order valence-electron chi connectivity index (χ1n) is 3.74. The Balaban J connectivity index is 2.64. The third-order valence-corrected chi connectivity index (χ3v) is 2.26. The van der Waals surface area contributed by atoms with E-state index in [2.05, 4.69) is 38.6 Å². The summed E-state index contributed by atoms with van der Waals surface area (Å²) < 4.78 is 0. The topological polar surface area (TPSA) is 0 Å². The molecular formula is C9H14S. The molecule has 1 heteroatoms. The van der Waals surface area contributed by atoms with Crippen molar-refractivity contribution in [1.82, 2.24) is 0 Å². The predicted molar refractivity (Wildman–Crippen MR) is 49.5 cm³/mol. The number of hydrogen-bond acceptors (Lipinski definition) is 1. The molecule has 56 valence electrons. The Morgan fingerprint density at radius 1 is 1.40 bits per heavy atom. The van der Waals surface area contributed by atoms with E-state index in [0.29, 0.717) is 5.25 Å². The first kappa shape index (κ1) is 7.93. The van der Waals surface area contributed by atoms with E-state index in [9.17, 15) is 0 Å². The lowest BCUT2D eigenvalue weighted by molar-refractivity contribution is 0.867. The highest BCUT2D eigenvalue weighted by molar-refractivity contribution is 7.81. The van der Waals surface area contributed by atoms with Gasteiger partial charge in [-0.2, -0.15) is 12.6 Å². The second kappa shape index (κ2) is 3.29. The molecule has 0 spiro atoms. The van der Waals surface area contributed by atoms with Crippen LogP contribution in [-0.4, -0.2) is 5.25 Å². The number of thiol groups is 1. The van der Waals surface area contributed by atoms with Gasteiger partial charge in [0.2, 0.25) is 0 Å². The lowest BCUT2D eigenvalue weighted by atomic mass is 9.98. The largest absolute Gasteiger partial charge is 0.172 e. The molecule has 0 N–H and O–H groups in total. The van der Waals surface area contributed by atoms with Crippen LogP contribution in [0.1, 0.15) is 26.7 Å². The van der Waals surface area contributed by atoms with Crippen molar-refractivity contribution < 1.29 is 0 Å². The van der Waals surface area contributed by atoms with Crippen LogP contribution in [0, 0.1) is 0 Å². The zero-order valence-corrected chi connectivity index (χ0v) is 7.49. The SMILES string of the molecule is CC1=CC=C(C(C)S)CC1. The van der Waals surface area contributed by atoms with Gasteiger partial charge in [0, 0.05) is 5.25 Å². The zero-order valence-electron chi connectivity index (χ0n) is 6.59. The molecule has 0 fully saturated rings. The van der Waals surface area contributed by atoms with Crippen molar-refractivity contribution in [3.8, 4) is 0 Å². The van der Waals surface area contributed by atoms with Crippen LogP contribution in [0.15, 0.2) is 23.3 Å². The summed E-state index contributed by atoms with van der Waals surface area (Å²) in [7, 11) is 0. The Labute approximate surface area is 68.4 Å². The Morgan fingerprint density at radius 3 is 2.50 bits per heavy atom. The quantitative estimate of drug-likeness (QED) is 0.551. The summed E-state index contributed by atoms with van der Waals surface area (Å²) in [6.07, 6.45) is 6.83. The standard InChI is InChI=1S/C9H14S/c1-7-3-5-9(6-4-7)8(2)10/h3,5,8,10H,4,6H2,1-2H3. The molecule has 0 nitrogen and oxygen atoms in total. The summed E-state index contributed by atoms with van der Waals surface area (Å²) in [4.78, 5) is 0. The van der Waals surface area contributed by atoms with E-state index in [4.69, 9.17) is 0 Å². The normalized spacial score (nSPS) is 21.5. The number of hydrogen-bond donors (Lipinski definition) is 1. The smallest absolute Gasteiger partial charge is 0.0201 e. The Bertz CT molecular complexity index is 175. The van der Waals surface area contributed by atoms with E-state index in [1.54, 1.807) is 0 Å². The minimum absolute atomic E-state index is 0.435. The van der Waals surface area contributed by atoms with Crippen molar-refractivity contribution in [3.63, 3.8) is 0 Å². The second-order valence-electron chi connectivity index (χ2n) is 2.93. The van der Waals surface area contributed by atoms with Crippen LogP contribution in [0.25, 0.3) is 0 Å². The van der Waals surface area contributed by atoms with Crippen molar-refractivity contribution >= 4 is 12.6 Å². The summed E-state index contributed by atoms with van der Waals surface area (Å²) in [5, 5.41) is 0.435. The third kappa shape index (κ3) is 1.91. The van der Waals surface area contributed by atoms with E-state index in [0.717, 1.165) is 0 Å². The fourth-order valence-electron chi connectivity index (χ4n) is 1.11. The van der Waals surface area contributed by atoms with Gasteiger partial charge in [-0.25, -0.2) is 0 Å². The fourth-order valence-corrected chi connectivity index (χ4v) is 1.32. The summed E-state index contributed by atoms with van der Waals surface area (Å²) in [6.45, 7) is 4.31. The summed E-state index contributed by atoms with van der Waals surface area (Å²) in [5.41, 5.74) is 2.95. The Kier molecular flexibility index (Phi) is 2.61. The van der Waals surface area contributed by atoms with Crippen LogP contribution in [0.2, 0.25) is 0 Å². The minimum Gasteiger partial charge on any atom is -0.172 e. The number of allylic oxidation sites excluding steroid dienone is 3. The van der Waals surface area contributed by atoms with Crippen molar-refractivity contribution in [2.75, 3.05) is 0 Å². The van der Waals surface area contributed by atoms with Crippen LogP contribution < -0.4 is 0 Å². The average molecular weight is 154 g/mol. The molecule has 0 amide bonds. The van der Waals surface area contributed by atoms with Crippen molar-refractivity contribution in [2.45, 2.75) is 31.9 Å². The van der Waals surface area contributed by atoms with E-state index in [-0.39, 0.29) is 0 Å². The maximum absolute atomic E-state index is 4.37. The maximum Gasteiger partial charge on any atom is 0.0201 e. The molecule has 0 aliphatic heterocycles. The van der Waals surface area contributed by atoms with Crippen LogP contribution in [-0.2, 0) is 0 Å². The fraction of sp³-hybridized carbons (Fsp3) is 0.556. The first-order valence-corrected chi connectivity index (χ1v) is 4.26. The van der Waals surface area contributed by atoms with E-state index >= 15 is 0 Å². The molecule has 0 aromatic rings. The molecule has 0 radical (unpaired) electrons. The van der Waals surface area contributed by atoms with Crippen LogP contribution >= 0.6 is 12.6 Å². The first-order chi connectivity index (χ1) is 4.70. The van der Waals surface area contributed by atoms with Gasteiger partial charge >= 0.3 is 0 Å². The Morgan fingerprint density at radius 2 is 2.10 bits per heavy atom. The summed E-state index contributed by atoms with van der Waals surface area (Å²) >= 11 is 4.37. The maximum atomic E-state index is 4.37.